The van der Waals surface area contributed by atoms with Crippen molar-refractivity contribution >= 4 is 40.0 Å². The molecule has 0 bridgehead atoms. The van der Waals surface area contributed by atoms with Gasteiger partial charge in [0.05, 0.1) is 47.1 Å². The normalized spacial score (nSPS) is 13.8. The summed E-state index contributed by atoms with van der Waals surface area (Å²) in [5.41, 5.74) is 0.724. The number of aliphatic hydroxyl groups excluding tert-OH is 1. The molecule has 3 aromatic heterocycles. The molecule has 4 heterocycles. The Bertz CT molecular complexity index is 1640. The molecule has 1 aromatic carbocycles. The van der Waals surface area contributed by atoms with Crippen molar-refractivity contribution in [2.75, 3.05) is 54.9 Å². The quantitative estimate of drug-likeness (QED) is 0.285. The number of hydrogen-bond donors (Lipinski definition) is 3. The molecular formula is C27H26F2N8O3. The Balaban J connectivity index is 1.44. The van der Waals surface area contributed by atoms with E-state index in [1.54, 1.807) is 15.5 Å². The molecule has 0 radical (unpaired) electrons. The van der Waals surface area contributed by atoms with Crippen molar-refractivity contribution in [1.29, 1.82) is 0 Å². The van der Waals surface area contributed by atoms with Crippen LogP contribution >= 0.6 is 0 Å². The molecule has 5 rings (SSSR count). The number of carbonyl (C=O) groups is 1. The number of piperazine rings is 1. The third-order valence-electron chi connectivity index (χ3n) is 6.53. The van der Waals surface area contributed by atoms with E-state index in [0.717, 1.165) is 6.08 Å². The van der Waals surface area contributed by atoms with Gasteiger partial charge in [-0.05, 0) is 24.3 Å². The highest BCUT2D eigenvalue weighted by Gasteiger charge is 2.23. The zero-order valence-electron chi connectivity index (χ0n) is 21.3. The predicted molar refractivity (Wildman–Crippen MR) is 147 cm³/mol. The summed E-state index contributed by atoms with van der Waals surface area (Å²) in [5.74, 6) is -2.55. The van der Waals surface area contributed by atoms with E-state index in [1.165, 1.54) is 43.0 Å². The molecule has 11 nitrogen and oxygen atoms in total. The number of benzene rings is 1. The van der Waals surface area contributed by atoms with Crippen molar-refractivity contribution in [3.05, 3.63) is 83.6 Å². The first-order valence-corrected chi connectivity index (χ1v) is 12.5. The van der Waals surface area contributed by atoms with Gasteiger partial charge in [0.1, 0.15) is 0 Å². The number of carbonyl (C=O) groups excluding carboxylic acids is 1. The predicted octanol–water partition coefficient (Wildman–Crippen LogP) is 2.44. The molecule has 4 aromatic rings. The summed E-state index contributed by atoms with van der Waals surface area (Å²) in [6.07, 6.45) is 6.88. The number of aromatic nitrogens is 4. The number of halogens is 2. The average molecular weight is 549 g/mol. The summed E-state index contributed by atoms with van der Waals surface area (Å²) in [7, 11) is 0. The smallest absolute Gasteiger partial charge is 0.247 e. The third kappa shape index (κ3) is 5.51. The second kappa shape index (κ2) is 11.6. The molecule has 1 aliphatic rings. The fourth-order valence-electron chi connectivity index (χ4n) is 4.48. The monoisotopic (exact) mass is 548 g/mol. The largest absolute Gasteiger partial charge is 0.395 e. The van der Waals surface area contributed by atoms with Gasteiger partial charge < -0.3 is 20.6 Å². The minimum Gasteiger partial charge on any atom is -0.395 e. The zero-order valence-corrected chi connectivity index (χ0v) is 21.3. The van der Waals surface area contributed by atoms with E-state index in [-0.39, 0.29) is 40.4 Å². The third-order valence-corrected chi connectivity index (χ3v) is 6.53. The highest BCUT2D eigenvalue weighted by Crippen LogP contribution is 2.29. The van der Waals surface area contributed by atoms with E-state index in [9.17, 15) is 9.59 Å². The lowest BCUT2D eigenvalue weighted by molar-refractivity contribution is -0.111. The average Bonchev–Trinajstić information content (AvgIpc) is 2.96. The molecule has 13 heteroatoms. The van der Waals surface area contributed by atoms with E-state index in [0.29, 0.717) is 44.1 Å². The molecule has 1 saturated heterocycles. The van der Waals surface area contributed by atoms with Crippen LogP contribution in [-0.2, 0) is 4.79 Å². The first-order chi connectivity index (χ1) is 19.4. The summed E-state index contributed by atoms with van der Waals surface area (Å²) in [6.45, 7) is 6.28. The molecule has 0 atom stereocenters. The maximum absolute atomic E-state index is 15.1. The summed E-state index contributed by atoms with van der Waals surface area (Å²) >= 11 is 0. The van der Waals surface area contributed by atoms with E-state index in [1.807, 2.05) is 0 Å². The molecule has 0 unspecified atom stereocenters. The van der Waals surface area contributed by atoms with Crippen LogP contribution in [0.1, 0.15) is 0 Å². The van der Waals surface area contributed by atoms with E-state index in [2.05, 4.69) is 37.1 Å². The maximum atomic E-state index is 15.1. The molecule has 0 aliphatic carbocycles. The number of rotatable bonds is 8. The highest BCUT2D eigenvalue weighted by molar-refractivity contribution is 5.98. The standard InChI is InChI=1S/C27H26F2N8O3/c1-2-23(40)32-17-13-18(15-30-14-17)37-6-5-22(39)19-16-31-27(34-26(19)37)33-20-3-4-21(25(29)24(20)28)36-9-7-35(8-10-36)11-12-38/h2-6,13-16,38H,1,7-12H2,(H,32,40)(H,31,33,34). The molecule has 1 amide bonds. The lowest BCUT2D eigenvalue weighted by atomic mass is 10.2. The Morgan fingerprint density at radius 3 is 2.65 bits per heavy atom. The van der Waals surface area contributed by atoms with Crippen LogP contribution in [0.25, 0.3) is 16.7 Å². The summed E-state index contributed by atoms with van der Waals surface area (Å²) in [4.78, 5) is 40.7. The second-order valence-electron chi connectivity index (χ2n) is 9.04. The van der Waals surface area contributed by atoms with Gasteiger partial charge in [0.15, 0.2) is 22.7 Å². The Kier molecular flexibility index (Phi) is 7.75. The summed E-state index contributed by atoms with van der Waals surface area (Å²) in [6, 6.07) is 5.87. The first kappa shape index (κ1) is 26.8. The Morgan fingerprint density at radius 2 is 1.90 bits per heavy atom. The Morgan fingerprint density at radius 1 is 1.10 bits per heavy atom. The molecule has 206 valence electrons. The van der Waals surface area contributed by atoms with Crippen LogP contribution in [0, 0.1) is 11.6 Å². The molecule has 1 fully saturated rings. The first-order valence-electron chi connectivity index (χ1n) is 12.5. The van der Waals surface area contributed by atoms with Crippen LogP contribution < -0.4 is 21.0 Å². The number of fused-ring (bicyclic) bond motifs is 1. The fourth-order valence-corrected chi connectivity index (χ4v) is 4.48. The highest BCUT2D eigenvalue weighted by atomic mass is 19.2. The topological polar surface area (TPSA) is 129 Å². The van der Waals surface area contributed by atoms with Crippen molar-refractivity contribution in [3.63, 3.8) is 0 Å². The van der Waals surface area contributed by atoms with Crippen LogP contribution in [0.3, 0.4) is 0 Å². The van der Waals surface area contributed by atoms with Gasteiger partial charge in [-0.15, -0.1) is 0 Å². The zero-order chi connectivity index (χ0) is 28.2. The number of pyridine rings is 2. The van der Waals surface area contributed by atoms with Crippen LogP contribution in [0.2, 0.25) is 0 Å². The summed E-state index contributed by atoms with van der Waals surface area (Å²) < 4.78 is 31.8. The number of nitrogens with one attached hydrogen (secondary N) is 2. The fraction of sp³-hybridized carbons (Fsp3) is 0.222. The maximum Gasteiger partial charge on any atom is 0.247 e. The van der Waals surface area contributed by atoms with Crippen molar-refractivity contribution in [1.82, 2.24) is 24.4 Å². The van der Waals surface area contributed by atoms with Gasteiger partial charge in [-0.25, -0.2) is 13.8 Å². The Labute approximate surface area is 227 Å². The number of β-amino-alcohol motifs (C(OH)–C–C–N with tert-alkyl or cyclic N) is 1. The van der Waals surface area contributed by atoms with Gasteiger partial charge in [-0.1, -0.05) is 6.58 Å². The minimum absolute atomic E-state index is 0.0492. The van der Waals surface area contributed by atoms with Crippen LogP contribution in [-0.4, -0.2) is 74.8 Å². The molecule has 40 heavy (non-hydrogen) atoms. The number of hydrogen-bond acceptors (Lipinski definition) is 9. The number of nitrogens with zero attached hydrogens (tertiary/aromatic N) is 6. The van der Waals surface area contributed by atoms with Crippen molar-refractivity contribution in [2.45, 2.75) is 0 Å². The van der Waals surface area contributed by atoms with Crippen molar-refractivity contribution in [2.24, 2.45) is 0 Å². The SMILES string of the molecule is C=CC(=O)Nc1cncc(-n2ccc(=O)c3cnc(Nc4ccc(N5CCN(CCO)CC5)c(F)c4F)nc32)c1. The number of amides is 1. The van der Waals surface area contributed by atoms with E-state index >= 15 is 8.78 Å². The van der Waals surface area contributed by atoms with E-state index < -0.39 is 17.5 Å². The van der Waals surface area contributed by atoms with Gasteiger partial charge >= 0.3 is 0 Å². The molecule has 3 N–H and O–H groups in total. The van der Waals surface area contributed by atoms with Crippen LogP contribution in [0.5, 0.6) is 0 Å². The van der Waals surface area contributed by atoms with Gasteiger partial charge in [-0.2, -0.15) is 4.98 Å². The molecule has 1 aliphatic heterocycles. The second-order valence-corrected chi connectivity index (χ2v) is 9.04. The van der Waals surface area contributed by atoms with Gasteiger partial charge in [-0.3, -0.25) is 24.0 Å². The number of aliphatic hydroxyl groups is 1. The lowest BCUT2D eigenvalue weighted by Crippen LogP contribution is -2.47. The lowest BCUT2D eigenvalue weighted by Gasteiger charge is -2.36. The molecule has 0 spiro atoms. The number of anilines is 4. The summed E-state index contributed by atoms with van der Waals surface area (Å²) in [5, 5.41) is 14.6. The molecular weight excluding hydrogens is 522 g/mol. The van der Waals surface area contributed by atoms with Gasteiger partial charge in [0.25, 0.3) is 0 Å². The van der Waals surface area contributed by atoms with Gasteiger partial charge in [0, 0.05) is 51.2 Å². The molecule has 0 saturated carbocycles. The van der Waals surface area contributed by atoms with E-state index in [4.69, 9.17) is 5.11 Å². The van der Waals surface area contributed by atoms with Crippen LogP contribution in [0.4, 0.5) is 31.8 Å². The van der Waals surface area contributed by atoms with Crippen LogP contribution in [0.15, 0.2) is 66.5 Å². The van der Waals surface area contributed by atoms with Crippen molar-refractivity contribution < 1.29 is 18.7 Å². The van der Waals surface area contributed by atoms with Crippen molar-refractivity contribution in [3.8, 4) is 5.69 Å². The minimum atomic E-state index is -1.08. The Hall–Kier alpha value is -4.75. The van der Waals surface area contributed by atoms with Gasteiger partial charge in [0.2, 0.25) is 11.9 Å².